The van der Waals surface area contributed by atoms with Crippen molar-refractivity contribution in [2.24, 2.45) is 0 Å². The van der Waals surface area contributed by atoms with E-state index in [-0.39, 0.29) is 11.8 Å². The van der Waals surface area contributed by atoms with Crippen molar-refractivity contribution in [1.82, 2.24) is 4.90 Å². The average molecular weight is 443 g/mol. The van der Waals surface area contributed by atoms with Gasteiger partial charge in [0, 0.05) is 24.3 Å². The van der Waals surface area contributed by atoms with Gasteiger partial charge in [-0.05, 0) is 67.3 Å². The summed E-state index contributed by atoms with van der Waals surface area (Å²) >= 11 is 0. The maximum atomic E-state index is 12.7. The zero-order chi connectivity index (χ0) is 23.0. The van der Waals surface area contributed by atoms with Crippen LogP contribution in [0.25, 0.3) is 11.1 Å². The summed E-state index contributed by atoms with van der Waals surface area (Å²) in [5.41, 5.74) is 3.52. The van der Waals surface area contributed by atoms with Gasteiger partial charge < -0.3 is 15.0 Å². The molecular formula is C28H30N2O3. The highest BCUT2D eigenvalue weighted by molar-refractivity contribution is 5.97. The molecule has 5 heteroatoms. The van der Waals surface area contributed by atoms with Crippen LogP contribution in [0, 0.1) is 0 Å². The van der Waals surface area contributed by atoms with Gasteiger partial charge in [-0.2, -0.15) is 0 Å². The van der Waals surface area contributed by atoms with Crippen LogP contribution in [0.2, 0.25) is 0 Å². The molecule has 0 bridgehead atoms. The van der Waals surface area contributed by atoms with Gasteiger partial charge in [-0.1, -0.05) is 55.3 Å². The Balaban J connectivity index is 1.31. The predicted molar refractivity (Wildman–Crippen MR) is 131 cm³/mol. The minimum atomic E-state index is -0.661. The van der Waals surface area contributed by atoms with Crippen molar-refractivity contribution in [3.8, 4) is 16.9 Å². The smallest absolute Gasteiger partial charge is 0.265 e. The van der Waals surface area contributed by atoms with Gasteiger partial charge in [0.2, 0.25) is 0 Å². The monoisotopic (exact) mass is 442 g/mol. The van der Waals surface area contributed by atoms with E-state index in [1.165, 1.54) is 12.8 Å². The van der Waals surface area contributed by atoms with Crippen molar-refractivity contribution in [1.29, 1.82) is 0 Å². The van der Waals surface area contributed by atoms with E-state index in [0.717, 1.165) is 37.1 Å². The topological polar surface area (TPSA) is 58.6 Å². The molecule has 1 fully saturated rings. The summed E-state index contributed by atoms with van der Waals surface area (Å²) in [6, 6.07) is 24.9. The summed E-state index contributed by atoms with van der Waals surface area (Å²) < 4.78 is 5.82. The van der Waals surface area contributed by atoms with E-state index in [1.807, 2.05) is 47.4 Å². The molecule has 2 amide bonds. The molecule has 170 valence electrons. The van der Waals surface area contributed by atoms with E-state index in [2.05, 4.69) is 17.4 Å². The fraction of sp³-hybridized carbons (Fsp3) is 0.286. The molecule has 1 atom stereocenters. The minimum Gasteiger partial charge on any atom is -0.481 e. The predicted octanol–water partition coefficient (Wildman–Crippen LogP) is 5.78. The average Bonchev–Trinajstić information content (AvgIpc) is 3.15. The van der Waals surface area contributed by atoms with Crippen LogP contribution in [-0.4, -0.2) is 35.9 Å². The standard InChI is InChI=1S/C28H30N2O3/c1-21(33-26-17-13-23(14-18-26)22-9-5-4-6-10-22)27(31)29-25-15-11-24(12-16-25)28(32)30-19-7-2-3-8-20-30/h4-6,9-18,21H,2-3,7-8,19-20H2,1H3,(H,29,31). The lowest BCUT2D eigenvalue weighted by Gasteiger charge is -2.20. The largest absolute Gasteiger partial charge is 0.481 e. The Morgan fingerprint density at radius 3 is 2.03 bits per heavy atom. The highest BCUT2D eigenvalue weighted by atomic mass is 16.5. The van der Waals surface area contributed by atoms with Gasteiger partial charge in [0.1, 0.15) is 5.75 Å². The second-order valence-corrected chi connectivity index (χ2v) is 8.42. The highest BCUT2D eigenvalue weighted by Crippen LogP contribution is 2.23. The maximum absolute atomic E-state index is 12.7. The number of rotatable bonds is 6. The molecular weight excluding hydrogens is 412 g/mol. The van der Waals surface area contributed by atoms with Crippen LogP contribution in [0.3, 0.4) is 0 Å². The fourth-order valence-electron chi connectivity index (χ4n) is 4.01. The lowest BCUT2D eigenvalue weighted by atomic mass is 10.1. The van der Waals surface area contributed by atoms with Crippen LogP contribution in [0.1, 0.15) is 43.0 Å². The molecule has 5 nitrogen and oxygen atoms in total. The second kappa shape index (κ2) is 10.8. The Kier molecular flexibility index (Phi) is 7.40. The van der Waals surface area contributed by atoms with Crippen LogP contribution in [0.5, 0.6) is 5.75 Å². The van der Waals surface area contributed by atoms with Gasteiger partial charge in [0.25, 0.3) is 11.8 Å². The van der Waals surface area contributed by atoms with Gasteiger partial charge in [-0.3, -0.25) is 9.59 Å². The van der Waals surface area contributed by atoms with Gasteiger partial charge in [-0.25, -0.2) is 0 Å². The summed E-state index contributed by atoms with van der Waals surface area (Å²) in [6.07, 6.45) is 3.84. The van der Waals surface area contributed by atoms with Crippen molar-refractivity contribution in [3.63, 3.8) is 0 Å². The van der Waals surface area contributed by atoms with Crippen LogP contribution >= 0.6 is 0 Å². The molecule has 0 spiro atoms. The van der Waals surface area contributed by atoms with E-state index < -0.39 is 6.10 Å². The Bertz CT molecular complexity index is 1050. The molecule has 0 aromatic heterocycles. The van der Waals surface area contributed by atoms with Crippen molar-refractivity contribution >= 4 is 17.5 Å². The first-order chi connectivity index (χ1) is 16.1. The Labute approximate surface area is 195 Å². The number of likely N-dealkylation sites (tertiary alicyclic amines) is 1. The second-order valence-electron chi connectivity index (χ2n) is 8.42. The Morgan fingerprint density at radius 1 is 0.788 bits per heavy atom. The molecule has 0 aliphatic carbocycles. The number of carbonyl (C=O) groups excluding carboxylic acids is 2. The van der Waals surface area contributed by atoms with Crippen LogP contribution in [0.15, 0.2) is 78.9 Å². The van der Waals surface area contributed by atoms with E-state index >= 15 is 0 Å². The van der Waals surface area contributed by atoms with Gasteiger partial charge in [0.05, 0.1) is 0 Å². The quantitative estimate of drug-likeness (QED) is 0.527. The summed E-state index contributed by atoms with van der Waals surface area (Å²) in [4.78, 5) is 27.3. The number of nitrogens with zero attached hydrogens (tertiary/aromatic N) is 1. The zero-order valence-corrected chi connectivity index (χ0v) is 19.0. The lowest BCUT2D eigenvalue weighted by Crippen LogP contribution is -2.32. The first-order valence-corrected chi connectivity index (χ1v) is 11.6. The highest BCUT2D eigenvalue weighted by Gasteiger charge is 2.18. The van der Waals surface area contributed by atoms with E-state index in [1.54, 1.807) is 31.2 Å². The number of amides is 2. The van der Waals surface area contributed by atoms with E-state index in [0.29, 0.717) is 17.0 Å². The number of benzene rings is 3. The summed E-state index contributed by atoms with van der Waals surface area (Å²) in [7, 11) is 0. The molecule has 1 aliphatic heterocycles. The lowest BCUT2D eigenvalue weighted by molar-refractivity contribution is -0.122. The Morgan fingerprint density at radius 2 is 1.39 bits per heavy atom. The SMILES string of the molecule is CC(Oc1ccc(-c2ccccc2)cc1)C(=O)Nc1ccc(C(=O)N2CCCCCC2)cc1. The molecule has 3 aromatic rings. The molecule has 1 N–H and O–H groups in total. The maximum Gasteiger partial charge on any atom is 0.265 e. The van der Waals surface area contributed by atoms with Crippen LogP contribution in [-0.2, 0) is 4.79 Å². The number of hydrogen-bond donors (Lipinski definition) is 1. The van der Waals surface area contributed by atoms with Crippen molar-refractivity contribution in [3.05, 3.63) is 84.4 Å². The minimum absolute atomic E-state index is 0.0606. The van der Waals surface area contributed by atoms with Crippen molar-refractivity contribution in [2.45, 2.75) is 38.7 Å². The van der Waals surface area contributed by atoms with Crippen molar-refractivity contribution < 1.29 is 14.3 Å². The first-order valence-electron chi connectivity index (χ1n) is 11.6. The van der Waals surface area contributed by atoms with Crippen LogP contribution < -0.4 is 10.1 Å². The molecule has 0 saturated carbocycles. The number of nitrogens with one attached hydrogen (secondary N) is 1. The Hall–Kier alpha value is -3.60. The molecule has 33 heavy (non-hydrogen) atoms. The molecule has 1 saturated heterocycles. The molecule has 4 rings (SSSR count). The normalized spacial score (nSPS) is 14.8. The molecule has 0 radical (unpaired) electrons. The van der Waals surface area contributed by atoms with Crippen molar-refractivity contribution in [2.75, 3.05) is 18.4 Å². The van der Waals surface area contributed by atoms with Gasteiger partial charge in [0.15, 0.2) is 6.10 Å². The molecule has 3 aromatic carbocycles. The fourth-order valence-corrected chi connectivity index (χ4v) is 4.01. The first kappa shape index (κ1) is 22.6. The summed E-state index contributed by atoms with van der Waals surface area (Å²) in [5, 5.41) is 2.87. The summed E-state index contributed by atoms with van der Waals surface area (Å²) in [6.45, 7) is 3.36. The molecule has 1 unspecified atom stereocenters. The number of anilines is 1. The third kappa shape index (κ3) is 6.01. The number of hydrogen-bond acceptors (Lipinski definition) is 3. The van der Waals surface area contributed by atoms with E-state index in [9.17, 15) is 9.59 Å². The van der Waals surface area contributed by atoms with Gasteiger partial charge >= 0.3 is 0 Å². The third-order valence-electron chi connectivity index (χ3n) is 5.94. The third-order valence-corrected chi connectivity index (χ3v) is 5.94. The van der Waals surface area contributed by atoms with Gasteiger partial charge in [-0.15, -0.1) is 0 Å². The van der Waals surface area contributed by atoms with Crippen LogP contribution in [0.4, 0.5) is 5.69 Å². The molecule has 1 aliphatic rings. The number of carbonyl (C=O) groups is 2. The zero-order valence-electron chi connectivity index (χ0n) is 19.0. The molecule has 1 heterocycles. The van der Waals surface area contributed by atoms with E-state index in [4.69, 9.17) is 4.74 Å². The summed E-state index contributed by atoms with van der Waals surface area (Å²) in [5.74, 6) is 0.454. The number of ether oxygens (including phenoxy) is 1.